The fourth-order valence-electron chi connectivity index (χ4n) is 1.54. The molecule has 1 atom stereocenters. The second-order valence-electron chi connectivity index (χ2n) is 4.10. The van der Waals surface area contributed by atoms with Crippen molar-refractivity contribution in [2.75, 3.05) is 12.3 Å². The SMILES string of the molecule is Cc1cc([C@](C)(N)CO)c(C)cc1N. The van der Waals surface area contributed by atoms with E-state index >= 15 is 0 Å². The maximum atomic E-state index is 9.18. The summed E-state index contributed by atoms with van der Waals surface area (Å²) in [6, 6.07) is 3.84. The Bertz CT molecular complexity index is 345. The third-order valence-corrected chi connectivity index (χ3v) is 2.56. The van der Waals surface area contributed by atoms with E-state index in [1.807, 2.05) is 32.9 Å². The summed E-state index contributed by atoms with van der Waals surface area (Å²) in [6.45, 7) is 5.62. The van der Waals surface area contributed by atoms with Crippen molar-refractivity contribution in [2.24, 2.45) is 5.73 Å². The number of anilines is 1. The molecule has 78 valence electrons. The molecule has 3 heteroatoms. The zero-order valence-electron chi connectivity index (χ0n) is 8.96. The van der Waals surface area contributed by atoms with E-state index in [1.165, 1.54) is 0 Å². The second-order valence-corrected chi connectivity index (χ2v) is 4.10. The van der Waals surface area contributed by atoms with Gasteiger partial charge in [0.05, 0.1) is 12.1 Å². The van der Waals surface area contributed by atoms with E-state index < -0.39 is 5.54 Å². The Morgan fingerprint density at radius 2 is 1.86 bits per heavy atom. The molecule has 0 unspecified atom stereocenters. The van der Waals surface area contributed by atoms with Crippen LogP contribution in [0, 0.1) is 13.8 Å². The number of aryl methyl sites for hydroxylation is 2. The molecule has 0 fully saturated rings. The van der Waals surface area contributed by atoms with Crippen LogP contribution in [0.5, 0.6) is 0 Å². The summed E-state index contributed by atoms with van der Waals surface area (Å²) in [7, 11) is 0. The first-order valence-corrected chi connectivity index (χ1v) is 4.65. The van der Waals surface area contributed by atoms with Crippen LogP contribution in [-0.2, 0) is 5.54 Å². The minimum Gasteiger partial charge on any atom is -0.399 e. The Morgan fingerprint density at radius 3 is 2.36 bits per heavy atom. The van der Waals surface area contributed by atoms with Crippen LogP contribution in [0.3, 0.4) is 0 Å². The summed E-state index contributed by atoms with van der Waals surface area (Å²) >= 11 is 0. The van der Waals surface area contributed by atoms with Gasteiger partial charge in [-0.1, -0.05) is 6.07 Å². The number of nitrogen functional groups attached to an aromatic ring is 1. The predicted octanol–water partition coefficient (Wildman–Crippen LogP) is 1.05. The van der Waals surface area contributed by atoms with Gasteiger partial charge in [0.15, 0.2) is 0 Å². The standard InChI is InChI=1S/C11H18N2O/c1-7-5-10(12)8(2)4-9(7)11(3,13)6-14/h4-5,14H,6,12-13H2,1-3H3/t11-/m1/s1. The van der Waals surface area contributed by atoms with Crippen molar-refractivity contribution in [2.45, 2.75) is 26.3 Å². The Hall–Kier alpha value is -1.06. The molecule has 0 aliphatic heterocycles. The van der Waals surface area contributed by atoms with Gasteiger partial charge in [-0.2, -0.15) is 0 Å². The average molecular weight is 194 g/mol. The van der Waals surface area contributed by atoms with Gasteiger partial charge in [0.2, 0.25) is 0 Å². The summed E-state index contributed by atoms with van der Waals surface area (Å²) < 4.78 is 0. The maximum Gasteiger partial charge on any atom is 0.0650 e. The third-order valence-electron chi connectivity index (χ3n) is 2.56. The van der Waals surface area contributed by atoms with E-state index in [4.69, 9.17) is 11.5 Å². The lowest BCUT2D eigenvalue weighted by Gasteiger charge is -2.25. The Kier molecular flexibility index (Phi) is 2.83. The van der Waals surface area contributed by atoms with E-state index in [-0.39, 0.29) is 6.61 Å². The minimum absolute atomic E-state index is 0.0722. The van der Waals surface area contributed by atoms with Crippen molar-refractivity contribution < 1.29 is 5.11 Å². The van der Waals surface area contributed by atoms with Crippen LogP contribution >= 0.6 is 0 Å². The number of benzene rings is 1. The largest absolute Gasteiger partial charge is 0.399 e. The van der Waals surface area contributed by atoms with Gasteiger partial charge < -0.3 is 16.6 Å². The third kappa shape index (κ3) is 1.89. The lowest BCUT2D eigenvalue weighted by atomic mass is 9.88. The van der Waals surface area contributed by atoms with Gasteiger partial charge >= 0.3 is 0 Å². The molecule has 0 amide bonds. The molecule has 0 saturated carbocycles. The number of rotatable bonds is 2. The van der Waals surface area contributed by atoms with Gasteiger partial charge in [0.25, 0.3) is 0 Å². The zero-order chi connectivity index (χ0) is 10.9. The molecule has 1 rings (SSSR count). The highest BCUT2D eigenvalue weighted by atomic mass is 16.3. The molecule has 3 nitrogen and oxygen atoms in total. The number of hydrogen-bond acceptors (Lipinski definition) is 3. The molecule has 1 aromatic rings. The van der Waals surface area contributed by atoms with Gasteiger partial charge in [-0.3, -0.25) is 0 Å². The van der Waals surface area contributed by atoms with Crippen molar-refractivity contribution in [1.82, 2.24) is 0 Å². The summed E-state index contributed by atoms with van der Waals surface area (Å²) in [5.41, 5.74) is 14.8. The van der Waals surface area contributed by atoms with Gasteiger partial charge in [0, 0.05) is 5.69 Å². The minimum atomic E-state index is -0.692. The summed E-state index contributed by atoms with van der Waals surface area (Å²) in [5.74, 6) is 0. The van der Waals surface area contributed by atoms with Crippen molar-refractivity contribution in [3.05, 3.63) is 28.8 Å². The molecule has 0 aliphatic rings. The Morgan fingerprint density at radius 1 is 1.29 bits per heavy atom. The lowest BCUT2D eigenvalue weighted by Crippen LogP contribution is -2.37. The molecule has 0 bridgehead atoms. The zero-order valence-corrected chi connectivity index (χ0v) is 8.96. The second kappa shape index (κ2) is 3.59. The topological polar surface area (TPSA) is 72.3 Å². The molecule has 0 aliphatic carbocycles. The smallest absolute Gasteiger partial charge is 0.0650 e. The molecule has 0 spiro atoms. The number of aliphatic hydroxyl groups excluding tert-OH is 1. The number of nitrogens with two attached hydrogens (primary N) is 2. The molecule has 14 heavy (non-hydrogen) atoms. The van der Waals surface area contributed by atoms with Crippen molar-refractivity contribution >= 4 is 5.69 Å². The molecule has 0 aromatic heterocycles. The van der Waals surface area contributed by atoms with Crippen molar-refractivity contribution in [3.8, 4) is 0 Å². The number of aliphatic hydroxyl groups is 1. The van der Waals surface area contributed by atoms with Gasteiger partial charge in [-0.15, -0.1) is 0 Å². The maximum absolute atomic E-state index is 9.18. The highest BCUT2D eigenvalue weighted by Gasteiger charge is 2.22. The summed E-state index contributed by atoms with van der Waals surface area (Å²) in [5, 5.41) is 9.18. The predicted molar refractivity (Wildman–Crippen MR) is 59.0 cm³/mol. The van der Waals surface area contributed by atoms with E-state index in [0.29, 0.717) is 0 Å². The summed E-state index contributed by atoms with van der Waals surface area (Å²) in [4.78, 5) is 0. The normalized spacial score (nSPS) is 15.2. The van der Waals surface area contributed by atoms with Gasteiger partial charge in [0.1, 0.15) is 0 Å². The van der Waals surface area contributed by atoms with Crippen LogP contribution in [-0.4, -0.2) is 11.7 Å². The van der Waals surface area contributed by atoms with Crippen LogP contribution in [0.25, 0.3) is 0 Å². The van der Waals surface area contributed by atoms with Gasteiger partial charge in [-0.25, -0.2) is 0 Å². The quantitative estimate of drug-likeness (QED) is 0.616. The fourth-order valence-corrected chi connectivity index (χ4v) is 1.54. The van der Waals surface area contributed by atoms with Crippen molar-refractivity contribution in [1.29, 1.82) is 0 Å². The average Bonchev–Trinajstić information content (AvgIpc) is 2.11. The molecular formula is C11H18N2O. The highest BCUT2D eigenvalue weighted by Crippen LogP contribution is 2.25. The molecule has 1 aromatic carbocycles. The molecule has 0 heterocycles. The Labute approximate surface area is 84.7 Å². The fraction of sp³-hybridized carbons (Fsp3) is 0.455. The lowest BCUT2D eigenvalue weighted by molar-refractivity contribution is 0.209. The Balaban J connectivity index is 3.29. The summed E-state index contributed by atoms with van der Waals surface area (Å²) in [6.07, 6.45) is 0. The van der Waals surface area contributed by atoms with Gasteiger partial charge in [-0.05, 0) is 43.5 Å². The van der Waals surface area contributed by atoms with Crippen LogP contribution < -0.4 is 11.5 Å². The first kappa shape index (κ1) is 11.0. The highest BCUT2D eigenvalue weighted by molar-refractivity contribution is 5.52. The molecule has 5 N–H and O–H groups in total. The van der Waals surface area contributed by atoms with Crippen LogP contribution in [0.4, 0.5) is 5.69 Å². The van der Waals surface area contributed by atoms with E-state index in [2.05, 4.69) is 0 Å². The van der Waals surface area contributed by atoms with Crippen LogP contribution in [0.15, 0.2) is 12.1 Å². The first-order chi connectivity index (χ1) is 6.38. The first-order valence-electron chi connectivity index (χ1n) is 4.65. The monoisotopic (exact) mass is 194 g/mol. The molecule has 0 radical (unpaired) electrons. The van der Waals surface area contributed by atoms with E-state index in [0.717, 1.165) is 22.4 Å². The van der Waals surface area contributed by atoms with E-state index in [1.54, 1.807) is 0 Å². The molecule has 0 saturated heterocycles. The van der Waals surface area contributed by atoms with Crippen LogP contribution in [0.1, 0.15) is 23.6 Å². The molecular weight excluding hydrogens is 176 g/mol. The number of hydrogen-bond donors (Lipinski definition) is 3. The van der Waals surface area contributed by atoms with E-state index in [9.17, 15) is 5.11 Å². The van der Waals surface area contributed by atoms with Crippen LogP contribution in [0.2, 0.25) is 0 Å². The van der Waals surface area contributed by atoms with Crippen molar-refractivity contribution in [3.63, 3.8) is 0 Å².